The van der Waals surface area contributed by atoms with Crippen molar-refractivity contribution in [3.63, 3.8) is 0 Å². The number of cyclic esters (lactones) is 16. The average molecular weight is 1190 g/mol. The van der Waals surface area contributed by atoms with E-state index in [-0.39, 0.29) is 37.8 Å². The Morgan fingerprint density at radius 3 is 0.974 bits per heavy atom. The van der Waals surface area contributed by atoms with E-state index < -0.39 is 141 Å². The normalized spacial score (nSPS) is 32.9. The average Bonchev–Trinajstić information content (AvgIpc) is 4.11. The summed E-state index contributed by atoms with van der Waals surface area (Å²) in [6.07, 6.45) is -43.9. The molecule has 0 spiro atoms. The molecule has 8 fully saturated rings. The van der Waals surface area contributed by atoms with Crippen LogP contribution < -0.4 is 0 Å². The van der Waals surface area contributed by atoms with E-state index in [1.54, 1.807) is 27.7 Å². The van der Waals surface area contributed by atoms with Gasteiger partial charge in [-0.15, -0.1) is 0 Å². The number of rotatable bonds is 2. The van der Waals surface area contributed by atoms with Gasteiger partial charge in [-0.3, -0.25) is 0 Å². The summed E-state index contributed by atoms with van der Waals surface area (Å²) >= 11 is 0. The predicted octanol–water partition coefficient (Wildman–Crippen LogP) is 10.3. The third kappa shape index (κ3) is 21.4. The molecule has 0 N–H and O–H groups in total. The van der Waals surface area contributed by atoms with Gasteiger partial charge in [0.1, 0.15) is 31.0 Å². The van der Waals surface area contributed by atoms with Crippen LogP contribution in [-0.2, 0) is 75.8 Å². The summed E-state index contributed by atoms with van der Waals surface area (Å²) in [5.41, 5.74) is 0. The molecule has 0 aromatic carbocycles. The molecule has 8 saturated heterocycles. The lowest BCUT2D eigenvalue weighted by Gasteiger charge is -2.19. The third-order valence-electron chi connectivity index (χ3n) is 9.12. The van der Waals surface area contributed by atoms with Crippen molar-refractivity contribution in [1.29, 1.82) is 0 Å². The molecule has 8 aliphatic heterocycles. The molecule has 78 heavy (non-hydrogen) atoms. The minimum absolute atomic E-state index is 0.0543. The van der Waals surface area contributed by atoms with Crippen molar-refractivity contribution in [3.8, 4) is 0 Å². The summed E-state index contributed by atoms with van der Waals surface area (Å²) in [6.45, 7) is 10.8. The Morgan fingerprint density at radius 1 is 0.449 bits per heavy atom. The summed E-state index contributed by atoms with van der Waals surface area (Å²) in [6, 6.07) is 0. The molecule has 41 heteroatoms. The maximum absolute atomic E-state index is 12.7. The predicted molar refractivity (Wildman–Crippen MR) is 200 cm³/mol. The zero-order valence-electron chi connectivity index (χ0n) is 40.4. The molecular weight excluding hydrogens is 1150 g/mol. The number of ether oxygens (including phenoxy) is 16. The molecule has 0 saturated carbocycles. The maximum Gasteiger partial charge on any atom is 0.514 e. The lowest BCUT2D eigenvalue weighted by atomic mass is 10.2. The van der Waals surface area contributed by atoms with E-state index in [0.717, 1.165) is 20.8 Å². The van der Waals surface area contributed by atoms with Crippen LogP contribution in [0.25, 0.3) is 0 Å². The fourth-order valence-corrected chi connectivity index (χ4v) is 4.50. The van der Waals surface area contributed by atoms with Gasteiger partial charge in [0.25, 0.3) is 24.5 Å². The summed E-state index contributed by atoms with van der Waals surface area (Å²) in [5, 5.41) is 0. The highest BCUT2D eigenvalue weighted by Crippen LogP contribution is 2.40. The monoisotopic (exact) mass is 1190 g/mol. The first-order chi connectivity index (χ1) is 35.0. The van der Waals surface area contributed by atoms with Gasteiger partial charge >= 0.3 is 91.6 Å². The molecule has 12 unspecified atom stereocenters. The molecule has 0 radical (unpaired) electrons. The van der Waals surface area contributed by atoms with Gasteiger partial charge in [-0.05, 0) is 41.0 Å². The molecule has 0 aliphatic carbocycles. The first kappa shape index (κ1) is 69.0. The lowest BCUT2D eigenvalue weighted by molar-refractivity contribution is -0.246. The molecule has 8 rings (SSSR count). The van der Waals surface area contributed by atoms with E-state index in [1.165, 1.54) is 6.92 Å². The largest absolute Gasteiger partial charge is 0.514 e. The molecule has 0 amide bonds. The second kappa shape index (κ2) is 26.1. The third-order valence-corrected chi connectivity index (χ3v) is 9.12. The summed E-state index contributed by atoms with van der Waals surface area (Å²) in [7, 11) is 0. The summed E-state index contributed by atoms with van der Waals surface area (Å²) in [5.74, 6) is -9.18. The van der Waals surface area contributed by atoms with Gasteiger partial charge in [0.2, 0.25) is 18.3 Å². The van der Waals surface area contributed by atoms with Crippen molar-refractivity contribution in [2.24, 2.45) is 0 Å². The van der Waals surface area contributed by atoms with Crippen LogP contribution in [0.15, 0.2) is 0 Å². The Morgan fingerprint density at radius 2 is 0.833 bits per heavy atom. The summed E-state index contributed by atoms with van der Waals surface area (Å²) in [4.78, 5) is 80.6. The Labute approximate surface area is 423 Å². The first-order valence-electron chi connectivity index (χ1n) is 20.7. The fraction of sp³-hybridized carbons (Fsp3) is 0.784. The van der Waals surface area contributed by atoms with Gasteiger partial charge in [0.05, 0.1) is 0 Å². The summed E-state index contributed by atoms with van der Waals surface area (Å²) < 4.78 is 267. The molecule has 0 bridgehead atoms. The lowest BCUT2D eigenvalue weighted by Crippen LogP contribution is -2.43. The molecule has 0 aromatic heterocycles. The Kier molecular flexibility index (Phi) is 23.1. The van der Waals surface area contributed by atoms with Crippen LogP contribution in [-0.4, -0.2) is 165 Å². The van der Waals surface area contributed by atoms with Crippen LogP contribution >= 0.6 is 0 Å². The van der Waals surface area contributed by atoms with Gasteiger partial charge in [-0.25, -0.2) is 47.1 Å². The van der Waals surface area contributed by atoms with Crippen molar-refractivity contribution in [3.05, 3.63) is 0 Å². The van der Waals surface area contributed by atoms with E-state index in [4.69, 9.17) is 0 Å². The van der Waals surface area contributed by atoms with Crippen LogP contribution in [0.4, 0.5) is 113 Å². The SMILES string of the molecule is CC(F)(F)C1OC(=O)OC1(F)F.CC1(F)OC(=O)OC1(C)F.CC1OC(=O)OC1(F)F.CC1OC(=O)OC1C.CC1OC(=O)OC1C.CCC1OC(=O)OC1(F)F.O=C1OC(F)C(C(F)(F)F)O1.O=C1OCC(C(F)(F)F)O1. The van der Waals surface area contributed by atoms with Gasteiger partial charge in [0.15, 0.2) is 0 Å². The number of carbonyl (C=O) groups excluding carboxylic acids is 8. The van der Waals surface area contributed by atoms with E-state index in [2.05, 4.69) is 75.8 Å². The van der Waals surface area contributed by atoms with Crippen LogP contribution in [0.2, 0.25) is 0 Å². The zero-order valence-corrected chi connectivity index (χ0v) is 40.4. The van der Waals surface area contributed by atoms with E-state index >= 15 is 0 Å². The van der Waals surface area contributed by atoms with E-state index in [0.29, 0.717) is 0 Å². The van der Waals surface area contributed by atoms with Crippen LogP contribution in [0.1, 0.15) is 68.7 Å². The van der Waals surface area contributed by atoms with Crippen LogP contribution in [0, 0.1) is 0 Å². The second-order valence-corrected chi connectivity index (χ2v) is 15.6. The Balaban J connectivity index is 0.000000447. The smallest absolute Gasteiger partial charge is 0.430 e. The quantitative estimate of drug-likeness (QED) is 0.141. The van der Waals surface area contributed by atoms with Crippen molar-refractivity contribution in [2.75, 3.05) is 6.61 Å². The van der Waals surface area contributed by atoms with Crippen molar-refractivity contribution >= 4 is 49.2 Å². The van der Waals surface area contributed by atoms with Crippen molar-refractivity contribution in [2.45, 2.75) is 178 Å². The van der Waals surface area contributed by atoms with Crippen molar-refractivity contribution in [1.82, 2.24) is 0 Å². The zero-order chi connectivity index (χ0) is 61.1. The molecule has 0 aromatic rings. The second-order valence-electron chi connectivity index (χ2n) is 15.6. The number of hydrogen-bond donors (Lipinski definition) is 0. The van der Waals surface area contributed by atoms with Crippen molar-refractivity contribution < 1.29 is 189 Å². The van der Waals surface area contributed by atoms with Gasteiger partial charge < -0.3 is 75.8 Å². The topological polar surface area (TPSA) is 284 Å². The molecule has 24 nitrogen and oxygen atoms in total. The van der Waals surface area contributed by atoms with E-state index in [1.807, 2.05) is 0 Å². The Hall–Kier alpha value is -7.03. The molecule has 452 valence electrons. The molecule has 8 aliphatic rings. The minimum atomic E-state index is -4.91. The Bertz CT molecular complexity index is 2030. The maximum atomic E-state index is 12.7. The molecule has 8 heterocycles. The number of alkyl halides is 17. The minimum Gasteiger partial charge on any atom is -0.430 e. The van der Waals surface area contributed by atoms with Gasteiger partial charge in [-0.2, -0.15) is 65.9 Å². The van der Waals surface area contributed by atoms with E-state index in [9.17, 15) is 113 Å². The number of halogens is 17. The van der Waals surface area contributed by atoms with Crippen LogP contribution in [0.5, 0.6) is 0 Å². The number of carbonyl (C=O) groups is 8. The molecular formula is C37H41F17O24. The van der Waals surface area contributed by atoms with Gasteiger partial charge in [0, 0.05) is 20.8 Å². The number of hydrogen-bond acceptors (Lipinski definition) is 24. The highest BCUT2D eigenvalue weighted by Gasteiger charge is 2.64. The fourth-order valence-electron chi connectivity index (χ4n) is 4.50. The first-order valence-corrected chi connectivity index (χ1v) is 20.7. The highest BCUT2D eigenvalue weighted by atomic mass is 19.4. The van der Waals surface area contributed by atoms with Crippen LogP contribution in [0.3, 0.4) is 0 Å². The molecule has 12 atom stereocenters. The standard InChI is InChI=1S/C5H4F4O3.2C5H6F2O3.2C5H8O3.C4H2F4O3.C4H3F3O3.C4H4F2O3/c1-4(6,7)2-5(8,9)12-3(10)11-2;1-4(6)5(2,7)10-3(8)9-4;1-2-3-5(6,7)10-4(8)9-3;2*1-3-4(2)8-5(6)7-3;5-2-1(4(6,7)8)10-3(9)11-2;5-4(6,7)2-1-9-3(8)10-2;1-2-4(5,6)9-3(7)8-2/h2H,1H3;1-2H3;3H,2H2,1H3;2*3-4H,1-2H3;1-2H;2H,1H2;2H,1H3. The van der Waals surface area contributed by atoms with Gasteiger partial charge in [-0.1, -0.05) is 6.92 Å². The highest BCUT2D eigenvalue weighted by molar-refractivity contribution is 5.65.